The van der Waals surface area contributed by atoms with Crippen molar-refractivity contribution in [2.24, 2.45) is 0 Å². The second-order valence-electron chi connectivity index (χ2n) is 5.71. The molecule has 0 atom stereocenters. The average molecular weight is 311 g/mol. The molecule has 0 radical (unpaired) electrons. The first kappa shape index (κ1) is 16.7. The molecule has 2 aromatic rings. The summed E-state index contributed by atoms with van der Waals surface area (Å²) in [7, 11) is 0. The molecule has 0 heterocycles. The van der Waals surface area contributed by atoms with Crippen molar-refractivity contribution in [1.82, 2.24) is 5.32 Å². The Labute approximate surface area is 136 Å². The van der Waals surface area contributed by atoms with Crippen LogP contribution in [0, 0.1) is 20.8 Å². The third kappa shape index (κ3) is 5.25. The molecule has 0 bridgehead atoms. The minimum atomic E-state index is -0.454. The van der Waals surface area contributed by atoms with Crippen LogP contribution in [-0.2, 0) is 16.1 Å². The highest BCUT2D eigenvalue weighted by Gasteiger charge is 2.09. The lowest BCUT2D eigenvalue weighted by Gasteiger charge is -2.08. The number of hydrogen-bond donors (Lipinski definition) is 1. The minimum absolute atomic E-state index is 0.141. The lowest BCUT2D eigenvalue weighted by Crippen LogP contribution is -2.30. The number of nitrogens with one attached hydrogen (secondary N) is 1. The summed E-state index contributed by atoms with van der Waals surface area (Å²) in [6.07, 6.45) is 0. The van der Waals surface area contributed by atoms with Crippen molar-refractivity contribution < 1.29 is 14.3 Å². The number of esters is 1. The number of rotatable bonds is 5. The maximum atomic E-state index is 11.9. The van der Waals surface area contributed by atoms with Crippen molar-refractivity contribution in [3.63, 3.8) is 0 Å². The highest BCUT2D eigenvalue weighted by atomic mass is 16.5. The molecule has 0 aliphatic rings. The molecular weight excluding hydrogens is 290 g/mol. The topological polar surface area (TPSA) is 55.4 Å². The van der Waals surface area contributed by atoms with Gasteiger partial charge in [0.2, 0.25) is 0 Å². The molecule has 0 aliphatic heterocycles. The second kappa shape index (κ2) is 7.58. The van der Waals surface area contributed by atoms with Crippen LogP contribution < -0.4 is 5.32 Å². The van der Waals surface area contributed by atoms with E-state index >= 15 is 0 Å². The van der Waals surface area contributed by atoms with Crippen molar-refractivity contribution >= 4 is 11.9 Å². The summed E-state index contributed by atoms with van der Waals surface area (Å²) in [5, 5.41) is 2.56. The minimum Gasteiger partial charge on any atom is -0.460 e. The van der Waals surface area contributed by atoms with E-state index < -0.39 is 5.97 Å². The van der Waals surface area contributed by atoms with Gasteiger partial charge in [-0.1, -0.05) is 47.0 Å². The smallest absolute Gasteiger partial charge is 0.325 e. The van der Waals surface area contributed by atoms with E-state index in [0.717, 1.165) is 22.3 Å². The Hall–Kier alpha value is -2.62. The fourth-order valence-electron chi connectivity index (χ4n) is 2.33. The maximum Gasteiger partial charge on any atom is 0.325 e. The Morgan fingerprint density at radius 1 is 0.913 bits per heavy atom. The molecule has 2 aromatic carbocycles. The summed E-state index contributed by atoms with van der Waals surface area (Å²) in [5.41, 5.74) is 4.81. The summed E-state index contributed by atoms with van der Waals surface area (Å²) < 4.78 is 5.19. The normalized spacial score (nSPS) is 10.2. The van der Waals surface area contributed by atoms with Gasteiger partial charge in [-0.2, -0.15) is 0 Å². The number of carbonyl (C=O) groups is 2. The van der Waals surface area contributed by atoms with Crippen LogP contribution in [0.5, 0.6) is 0 Å². The molecule has 1 N–H and O–H groups in total. The molecule has 0 aromatic heterocycles. The van der Waals surface area contributed by atoms with Crippen LogP contribution in [0.4, 0.5) is 0 Å². The molecule has 0 fully saturated rings. The van der Waals surface area contributed by atoms with E-state index in [-0.39, 0.29) is 19.1 Å². The van der Waals surface area contributed by atoms with Crippen molar-refractivity contribution in [1.29, 1.82) is 0 Å². The molecule has 120 valence electrons. The van der Waals surface area contributed by atoms with Crippen molar-refractivity contribution in [2.45, 2.75) is 27.4 Å². The first-order valence-electron chi connectivity index (χ1n) is 7.52. The van der Waals surface area contributed by atoms with Gasteiger partial charge in [-0.3, -0.25) is 9.59 Å². The van der Waals surface area contributed by atoms with E-state index in [9.17, 15) is 9.59 Å². The summed E-state index contributed by atoms with van der Waals surface area (Å²) in [6, 6.07) is 13.2. The maximum absolute atomic E-state index is 11.9. The Kier molecular flexibility index (Phi) is 5.52. The van der Waals surface area contributed by atoms with E-state index in [1.807, 2.05) is 45.0 Å². The predicted octanol–water partition coefficient (Wildman–Crippen LogP) is 3.09. The molecule has 0 aliphatic carbocycles. The average Bonchev–Trinajstić information content (AvgIpc) is 2.50. The third-order valence-corrected chi connectivity index (χ3v) is 3.39. The van der Waals surface area contributed by atoms with E-state index in [1.165, 1.54) is 0 Å². The quantitative estimate of drug-likeness (QED) is 0.863. The molecule has 23 heavy (non-hydrogen) atoms. The predicted molar refractivity (Wildman–Crippen MR) is 89.2 cm³/mol. The Morgan fingerprint density at radius 3 is 2.13 bits per heavy atom. The van der Waals surface area contributed by atoms with Crippen LogP contribution in [0.2, 0.25) is 0 Å². The highest BCUT2D eigenvalue weighted by Crippen LogP contribution is 2.10. The summed E-state index contributed by atoms with van der Waals surface area (Å²) in [5.74, 6) is -0.738. The van der Waals surface area contributed by atoms with Crippen LogP contribution in [-0.4, -0.2) is 18.4 Å². The van der Waals surface area contributed by atoms with Gasteiger partial charge in [0.15, 0.2) is 0 Å². The Morgan fingerprint density at radius 2 is 1.52 bits per heavy atom. The molecule has 4 heteroatoms. The monoisotopic (exact) mass is 311 g/mol. The molecule has 0 unspecified atom stereocenters. The van der Waals surface area contributed by atoms with Crippen LogP contribution in [0.3, 0.4) is 0 Å². The molecule has 4 nitrogen and oxygen atoms in total. The van der Waals surface area contributed by atoms with Gasteiger partial charge < -0.3 is 10.1 Å². The van der Waals surface area contributed by atoms with Gasteiger partial charge in [0.25, 0.3) is 5.91 Å². The zero-order chi connectivity index (χ0) is 16.8. The number of carbonyl (C=O) groups excluding carboxylic acids is 2. The van der Waals surface area contributed by atoms with E-state index in [1.54, 1.807) is 12.1 Å². The molecule has 1 amide bonds. The summed E-state index contributed by atoms with van der Waals surface area (Å²) in [4.78, 5) is 23.6. The standard InChI is InChI=1S/C19H21NO3/c1-13-4-6-17(7-5-13)19(22)20-11-18(21)23-12-16-9-14(2)8-15(3)10-16/h4-10H,11-12H2,1-3H3,(H,20,22). The Bertz CT molecular complexity index is 685. The first-order valence-corrected chi connectivity index (χ1v) is 7.52. The molecule has 0 spiro atoms. The number of aryl methyl sites for hydroxylation is 3. The van der Waals surface area contributed by atoms with Crippen LogP contribution in [0.15, 0.2) is 42.5 Å². The second-order valence-corrected chi connectivity index (χ2v) is 5.71. The highest BCUT2D eigenvalue weighted by molar-refractivity contribution is 5.95. The first-order chi connectivity index (χ1) is 10.9. The SMILES string of the molecule is Cc1ccc(C(=O)NCC(=O)OCc2cc(C)cc(C)c2)cc1. The molecule has 2 rings (SSSR count). The summed E-state index contributed by atoms with van der Waals surface area (Å²) >= 11 is 0. The number of benzene rings is 2. The van der Waals surface area contributed by atoms with Gasteiger partial charge in [-0.05, 0) is 38.5 Å². The van der Waals surface area contributed by atoms with Crippen molar-refractivity contribution in [3.8, 4) is 0 Å². The van der Waals surface area contributed by atoms with Gasteiger partial charge in [-0.25, -0.2) is 0 Å². The van der Waals surface area contributed by atoms with E-state index in [0.29, 0.717) is 5.56 Å². The lowest BCUT2D eigenvalue weighted by atomic mass is 10.1. The lowest BCUT2D eigenvalue weighted by molar-refractivity contribution is -0.143. The van der Waals surface area contributed by atoms with Gasteiger partial charge >= 0.3 is 5.97 Å². The van der Waals surface area contributed by atoms with Crippen LogP contribution >= 0.6 is 0 Å². The zero-order valence-electron chi connectivity index (χ0n) is 13.7. The summed E-state index contributed by atoms with van der Waals surface area (Å²) in [6.45, 7) is 6.02. The van der Waals surface area contributed by atoms with E-state index in [2.05, 4.69) is 11.4 Å². The van der Waals surface area contributed by atoms with Gasteiger partial charge in [0.1, 0.15) is 13.2 Å². The van der Waals surface area contributed by atoms with Crippen LogP contribution in [0.1, 0.15) is 32.6 Å². The largest absolute Gasteiger partial charge is 0.460 e. The van der Waals surface area contributed by atoms with Gasteiger partial charge in [0, 0.05) is 5.56 Å². The van der Waals surface area contributed by atoms with E-state index in [4.69, 9.17) is 4.74 Å². The van der Waals surface area contributed by atoms with Gasteiger partial charge in [-0.15, -0.1) is 0 Å². The third-order valence-electron chi connectivity index (χ3n) is 3.39. The number of ether oxygens (including phenoxy) is 1. The molecular formula is C19H21NO3. The van der Waals surface area contributed by atoms with Crippen LogP contribution in [0.25, 0.3) is 0 Å². The zero-order valence-corrected chi connectivity index (χ0v) is 13.7. The number of hydrogen-bond acceptors (Lipinski definition) is 3. The van der Waals surface area contributed by atoms with Gasteiger partial charge in [0.05, 0.1) is 0 Å². The molecule has 0 saturated heterocycles. The fourth-order valence-corrected chi connectivity index (χ4v) is 2.33. The number of amides is 1. The van der Waals surface area contributed by atoms with Crippen molar-refractivity contribution in [3.05, 3.63) is 70.3 Å². The molecule has 0 saturated carbocycles. The Balaban J connectivity index is 1.80. The fraction of sp³-hybridized carbons (Fsp3) is 0.263. The van der Waals surface area contributed by atoms with Crippen molar-refractivity contribution in [2.75, 3.05) is 6.54 Å².